The van der Waals surface area contributed by atoms with Crippen LogP contribution in [0.15, 0.2) is 0 Å². The second-order valence-corrected chi connectivity index (χ2v) is 4.37. The first-order valence-electron chi connectivity index (χ1n) is 5.78. The SMILES string of the molecule is CNC(C)C(=O)NCC1CCCCC1O. The van der Waals surface area contributed by atoms with Crippen LogP contribution in [0.4, 0.5) is 0 Å². The van der Waals surface area contributed by atoms with Crippen LogP contribution in [-0.4, -0.2) is 36.8 Å². The normalized spacial score (nSPS) is 28.5. The van der Waals surface area contributed by atoms with Gasteiger partial charge in [0.05, 0.1) is 12.1 Å². The summed E-state index contributed by atoms with van der Waals surface area (Å²) in [4.78, 5) is 11.5. The van der Waals surface area contributed by atoms with Crippen LogP contribution in [0.1, 0.15) is 32.6 Å². The lowest BCUT2D eigenvalue weighted by Gasteiger charge is -2.28. The van der Waals surface area contributed by atoms with Crippen molar-refractivity contribution in [3.8, 4) is 0 Å². The van der Waals surface area contributed by atoms with Crippen molar-refractivity contribution in [1.29, 1.82) is 0 Å². The number of rotatable bonds is 4. The molecule has 0 radical (unpaired) electrons. The van der Waals surface area contributed by atoms with Crippen molar-refractivity contribution in [2.75, 3.05) is 13.6 Å². The molecule has 88 valence electrons. The third-order valence-electron chi connectivity index (χ3n) is 3.23. The van der Waals surface area contributed by atoms with Crippen LogP contribution in [0.3, 0.4) is 0 Å². The Hall–Kier alpha value is -0.610. The molecular formula is C11H22N2O2. The Morgan fingerprint density at radius 3 is 2.73 bits per heavy atom. The highest BCUT2D eigenvalue weighted by atomic mass is 16.3. The average molecular weight is 214 g/mol. The van der Waals surface area contributed by atoms with Crippen LogP contribution in [0.5, 0.6) is 0 Å². The number of carbonyl (C=O) groups is 1. The van der Waals surface area contributed by atoms with Crippen LogP contribution in [0, 0.1) is 5.92 Å². The molecule has 1 fully saturated rings. The number of aliphatic hydroxyl groups is 1. The first kappa shape index (κ1) is 12.5. The number of hydrogen-bond acceptors (Lipinski definition) is 3. The minimum atomic E-state index is -0.232. The van der Waals surface area contributed by atoms with Crippen LogP contribution in [0.25, 0.3) is 0 Å². The second-order valence-electron chi connectivity index (χ2n) is 4.37. The van der Waals surface area contributed by atoms with Gasteiger partial charge in [0.15, 0.2) is 0 Å². The Kier molecular flexibility index (Phi) is 5.05. The summed E-state index contributed by atoms with van der Waals surface area (Å²) in [7, 11) is 1.76. The van der Waals surface area contributed by atoms with Crippen LogP contribution >= 0.6 is 0 Å². The van der Waals surface area contributed by atoms with Gasteiger partial charge in [0.25, 0.3) is 0 Å². The summed E-state index contributed by atoms with van der Waals surface area (Å²) in [6.07, 6.45) is 3.94. The zero-order valence-electron chi connectivity index (χ0n) is 9.62. The average Bonchev–Trinajstić information content (AvgIpc) is 2.26. The lowest BCUT2D eigenvalue weighted by Crippen LogP contribution is -2.44. The molecule has 1 rings (SSSR count). The van der Waals surface area contributed by atoms with Gasteiger partial charge in [0, 0.05) is 12.5 Å². The molecule has 1 aliphatic carbocycles. The monoisotopic (exact) mass is 214 g/mol. The lowest BCUT2D eigenvalue weighted by molar-refractivity contribution is -0.123. The molecule has 0 saturated heterocycles. The van der Waals surface area contributed by atoms with Crippen LogP contribution < -0.4 is 10.6 Å². The number of carbonyl (C=O) groups excluding carboxylic acids is 1. The molecule has 0 heterocycles. The van der Waals surface area contributed by atoms with Gasteiger partial charge in [-0.2, -0.15) is 0 Å². The van der Waals surface area contributed by atoms with Crippen LogP contribution in [-0.2, 0) is 4.79 Å². The zero-order valence-corrected chi connectivity index (χ0v) is 9.62. The molecule has 0 bridgehead atoms. The van der Waals surface area contributed by atoms with Crippen molar-refractivity contribution in [1.82, 2.24) is 10.6 Å². The maximum Gasteiger partial charge on any atom is 0.236 e. The molecule has 3 N–H and O–H groups in total. The minimum Gasteiger partial charge on any atom is -0.393 e. The predicted octanol–water partition coefficient (Wildman–Crippen LogP) is 0.262. The summed E-state index contributed by atoms with van der Waals surface area (Å²) < 4.78 is 0. The summed E-state index contributed by atoms with van der Waals surface area (Å²) in [5.74, 6) is 0.252. The van der Waals surface area contributed by atoms with Gasteiger partial charge < -0.3 is 15.7 Å². The summed E-state index contributed by atoms with van der Waals surface area (Å²) in [6.45, 7) is 2.43. The maximum absolute atomic E-state index is 11.5. The van der Waals surface area contributed by atoms with E-state index in [4.69, 9.17) is 0 Å². The first-order chi connectivity index (χ1) is 7.15. The highest BCUT2D eigenvalue weighted by molar-refractivity contribution is 5.81. The van der Waals surface area contributed by atoms with E-state index in [1.54, 1.807) is 7.05 Å². The van der Waals surface area contributed by atoms with Gasteiger partial charge in [-0.1, -0.05) is 12.8 Å². The van der Waals surface area contributed by atoms with E-state index in [0.717, 1.165) is 19.3 Å². The van der Waals surface area contributed by atoms with E-state index in [2.05, 4.69) is 10.6 Å². The van der Waals surface area contributed by atoms with Crippen LogP contribution in [0.2, 0.25) is 0 Å². The number of aliphatic hydroxyl groups excluding tert-OH is 1. The van der Waals surface area contributed by atoms with Gasteiger partial charge in [-0.05, 0) is 26.8 Å². The summed E-state index contributed by atoms with van der Waals surface area (Å²) in [6, 6.07) is -0.161. The second kappa shape index (κ2) is 6.08. The van der Waals surface area contributed by atoms with E-state index < -0.39 is 0 Å². The lowest BCUT2D eigenvalue weighted by atomic mass is 9.86. The molecule has 3 atom stereocenters. The quantitative estimate of drug-likeness (QED) is 0.629. The summed E-state index contributed by atoms with van der Waals surface area (Å²) in [5.41, 5.74) is 0. The number of likely N-dealkylation sites (N-methyl/N-ethyl adjacent to an activating group) is 1. The molecule has 15 heavy (non-hydrogen) atoms. The smallest absolute Gasteiger partial charge is 0.236 e. The first-order valence-corrected chi connectivity index (χ1v) is 5.78. The van der Waals surface area contributed by atoms with E-state index in [1.165, 1.54) is 6.42 Å². The molecule has 3 unspecified atom stereocenters. The van der Waals surface area contributed by atoms with Crippen molar-refractivity contribution in [2.45, 2.75) is 44.8 Å². The number of amides is 1. The van der Waals surface area contributed by atoms with Gasteiger partial charge >= 0.3 is 0 Å². The highest BCUT2D eigenvalue weighted by Gasteiger charge is 2.23. The molecule has 0 aromatic rings. The van der Waals surface area contributed by atoms with Crippen molar-refractivity contribution >= 4 is 5.91 Å². The molecule has 0 spiro atoms. The fourth-order valence-electron chi connectivity index (χ4n) is 1.94. The van der Waals surface area contributed by atoms with Gasteiger partial charge in [0.1, 0.15) is 0 Å². The van der Waals surface area contributed by atoms with Crippen molar-refractivity contribution in [3.63, 3.8) is 0 Å². The molecule has 1 saturated carbocycles. The molecule has 4 nitrogen and oxygen atoms in total. The highest BCUT2D eigenvalue weighted by Crippen LogP contribution is 2.23. The molecule has 1 amide bonds. The molecule has 0 aromatic heterocycles. The Morgan fingerprint density at radius 1 is 1.47 bits per heavy atom. The van der Waals surface area contributed by atoms with E-state index in [1.807, 2.05) is 6.92 Å². The molecule has 0 aromatic carbocycles. The Bertz CT molecular complexity index is 209. The molecular weight excluding hydrogens is 192 g/mol. The van der Waals surface area contributed by atoms with Gasteiger partial charge in [-0.3, -0.25) is 4.79 Å². The molecule has 0 aliphatic heterocycles. The fraction of sp³-hybridized carbons (Fsp3) is 0.909. The van der Waals surface area contributed by atoms with Crippen molar-refractivity contribution in [3.05, 3.63) is 0 Å². The number of nitrogens with one attached hydrogen (secondary N) is 2. The van der Waals surface area contributed by atoms with Crippen molar-refractivity contribution < 1.29 is 9.90 Å². The molecule has 1 aliphatic rings. The minimum absolute atomic E-state index is 0.00951. The van der Waals surface area contributed by atoms with Gasteiger partial charge in [-0.15, -0.1) is 0 Å². The summed E-state index contributed by atoms with van der Waals surface area (Å²) >= 11 is 0. The predicted molar refractivity (Wildman–Crippen MR) is 59.5 cm³/mol. The van der Waals surface area contributed by atoms with E-state index >= 15 is 0 Å². The third kappa shape index (κ3) is 3.80. The van der Waals surface area contributed by atoms with E-state index in [9.17, 15) is 9.90 Å². The Balaban J connectivity index is 2.26. The third-order valence-corrected chi connectivity index (χ3v) is 3.23. The van der Waals surface area contributed by atoms with E-state index in [-0.39, 0.29) is 24.0 Å². The zero-order chi connectivity index (χ0) is 11.3. The maximum atomic E-state index is 11.5. The standard InChI is InChI=1S/C11H22N2O2/c1-8(12-2)11(15)13-7-9-5-3-4-6-10(9)14/h8-10,12,14H,3-7H2,1-2H3,(H,13,15). The largest absolute Gasteiger partial charge is 0.393 e. The van der Waals surface area contributed by atoms with Crippen molar-refractivity contribution in [2.24, 2.45) is 5.92 Å². The summed E-state index contributed by atoms with van der Waals surface area (Å²) in [5, 5.41) is 15.5. The Labute approximate surface area is 91.4 Å². The fourth-order valence-corrected chi connectivity index (χ4v) is 1.94. The Morgan fingerprint density at radius 2 is 2.13 bits per heavy atom. The van der Waals surface area contributed by atoms with E-state index in [0.29, 0.717) is 6.54 Å². The molecule has 4 heteroatoms. The topological polar surface area (TPSA) is 61.4 Å². The van der Waals surface area contributed by atoms with Gasteiger partial charge in [0.2, 0.25) is 5.91 Å². The van der Waals surface area contributed by atoms with Gasteiger partial charge in [-0.25, -0.2) is 0 Å². The number of hydrogen-bond donors (Lipinski definition) is 3.